The Morgan fingerprint density at radius 1 is 1.37 bits per heavy atom. The summed E-state index contributed by atoms with van der Waals surface area (Å²) in [5, 5.41) is 4.59. The number of nitrogens with zero attached hydrogens (tertiary/aromatic N) is 2. The topological polar surface area (TPSA) is 37.8 Å². The number of hydrogen-bond acceptors (Lipinski definition) is 4. The lowest BCUT2D eigenvalue weighted by atomic mass is 9.88. The summed E-state index contributed by atoms with van der Waals surface area (Å²) >= 11 is 7.47. The van der Waals surface area contributed by atoms with Crippen LogP contribution in [-0.4, -0.2) is 22.4 Å². The van der Waals surface area contributed by atoms with Gasteiger partial charge in [0.2, 0.25) is 0 Å². The Balaban J connectivity index is 2.09. The zero-order valence-electron chi connectivity index (χ0n) is 11.7. The predicted octanol–water partition coefficient (Wildman–Crippen LogP) is 4.46. The monoisotopic (exact) mass is 297 g/mol. The van der Waals surface area contributed by atoms with Crippen molar-refractivity contribution in [3.63, 3.8) is 0 Å². The second-order valence-corrected chi connectivity index (χ2v) is 7.22. The molecule has 0 aromatic carbocycles. The first-order valence-corrected chi connectivity index (χ1v) is 7.88. The molecule has 104 valence electrons. The number of anilines is 1. The van der Waals surface area contributed by atoms with Gasteiger partial charge in [-0.3, -0.25) is 0 Å². The van der Waals surface area contributed by atoms with Crippen molar-refractivity contribution in [2.24, 2.45) is 5.41 Å². The van der Waals surface area contributed by atoms with Gasteiger partial charge in [-0.25, -0.2) is 9.97 Å². The van der Waals surface area contributed by atoms with Crippen molar-refractivity contribution >= 4 is 39.0 Å². The van der Waals surface area contributed by atoms with Crippen LogP contribution in [0.2, 0.25) is 0 Å². The first-order valence-electron chi connectivity index (χ1n) is 6.53. The Kier molecular flexibility index (Phi) is 4.63. The van der Waals surface area contributed by atoms with Gasteiger partial charge in [-0.1, -0.05) is 13.8 Å². The van der Waals surface area contributed by atoms with Crippen molar-refractivity contribution < 1.29 is 0 Å². The number of thiophene rings is 1. The summed E-state index contributed by atoms with van der Waals surface area (Å²) in [5.74, 6) is 1.67. The lowest BCUT2D eigenvalue weighted by Gasteiger charge is -2.25. The van der Waals surface area contributed by atoms with Crippen LogP contribution in [0.25, 0.3) is 10.2 Å². The molecule has 0 aliphatic rings. The summed E-state index contributed by atoms with van der Waals surface area (Å²) in [7, 11) is 0. The van der Waals surface area contributed by atoms with Gasteiger partial charge in [0.1, 0.15) is 17.0 Å². The molecule has 0 atom stereocenters. The van der Waals surface area contributed by atoms with E-state index in [1.165, 1.54) is 4.88 Å². The van der Waals surface area contributed by atoms with E-state index >= 15 is 0 Å². The standard InChI is InChI=1S/C14H20ClN3S/c1-10-7-11-12(17-9-18-13(11)19-10)16-8-14(2,3)5-4-6-15/h7,9H,4-6,8H2,1-3H3,(H,16,17,18). The third-order valence-corrected chi connectivity index (χ3v) is 4.40. The Labute approximate surface area is 123 Å². The van der Waals surface area contributed by atoms with E-state index in [1.54, 1.807) is 17.7 Å². The van der Waals surface area contributed by atoms with E-state index in [2.05, 4.69) is 42.1 Å². The molecule has 0 fully saturated rings. The molecule has 2 rings (SSSR count). The number of fused-ring (bicyclic) bond motifs is 1. The van der Waals surface area contributed by atoms with Crippen LogP contribution in [0, 0.1) is 12.3 Å². The molecule has 0 amide bonds. The Morgan fingerprint density at radius 3 is 2.89 bits per heavy atom. The van der Waals surface area contributed by atoms with Crippen molar-refractivity contribution in [1.29, 1.82) is 0 Å². The van der Waals surface area contributed by atoms with E-state index in [-0.39, 0.29) is 5.41 Å². The minimum absolute atomic E-state index is 0.219. The van der Waals surface area contributed by atoms with Gasteiger partial charge in [0, 0.05) is 17.3 Å². The number of halogens is 1. The number of nitrogens with one attached hydrogen (secondary N) is 1. The SMILES string of the molecule is Cc1cc2c(NCC(C)(C)CCCCl)ncnc2s1. The zero-order valence-corrected chi connectivity index (χ0v) is 13.2. The second-order valence-electron chi connectivity index (χ2n) is 5.61. The van der Waals surface area contributed by atoms with Crippen LogP contribution in [0.15, 0.2) is 12.4 Å². The van der Waals surface area contributed by atoms with Crippen molar-refractivity contribution in [3.05, 3.63) is 17.3 Å². The number of aromatic nitrogens is 2. The normalized spacial score (nSPS) is 12.0. The Hall–Kier alpha value is -0.870. The molecule has 5 heteroatoms. The minimum Gasteiger partial charge on any atom is -0.369 e. The van der Waals surface area contributed by atoms with Crippen molar-refractivity contribution in [2.75, 3.05) is 17.7 Å². The summed E-state index contributed by atoms with van der Waals surface area (Å²) in [6.07, 6.45) is 3.79. The quantitative estimate of drug-likeness (QED) is 0.800. The van der Waals surface area contributed by atoms with Crippen LogP contribution in [-0.2, 0) is 0 Å². The van der Waals surface area contributed by atoms with Gasteiger partial charge in [-0.2, -0.15) is 0 Å². The average Bonchev–Trinajstić information content (AvgIpc) is 2.74. The van der Waals surface area contributed by atoms with Crippen LogP contribution >= 0.6 is 22.9 Å². The molecule has 1 N–H and O–H groups in total. The molecule has 0 spiro atoms. The molecule has 0 radical (unpaired) electrons. The van der Waals surface area contributed by atoms with Gasteiger partial charge in [-0.15, -0.1) is 22.9 Å². The van der Waals surface area contributed by atoms with E-state index in [1.807, 2.05) is 0 Å². The van der Waals surface area contributed by atoms with E-state index in [0.717, 1.165) is 41.3 Å². The molecular formula is C14H20ClN3S. The molecular weight excluding hydrogens is 278 g/mol. The molecule has 2 heterocycles. The number of hydrogen-bond donors (Lipinski definition) is 1. The Morgan fingerprint density at radius 2 is 2.16 bits per heavy atom. The molecule has 0 bridgehead atoms. The maximum absolute atomic E-state index is 5.77. The maximum atomic E-state index is 5.77. The predicted molar refractivity (Wildman–Crippen MR) is 84.4 cm³/mol. The van der Waals surface area contributed by atoms with Crippen molar-refractivity contribution in [3.8, 4) is 0 Å². The first-order chi connectivity index (χ1) is 9.02. The van der Waals surface area contributed by atoms with Crippen LogP contribution in [0.5, 0.6) is 0 Å². The highest BCUT2D eigenvalue weighted by Crippen LogP contribution is 2.29. The highest BCUT2D eigenvalue weighted by atomic mass is 35.5. The Bertz CT molecular complexity index is 551. The van der Waals surface area contributed by atoms with Crippen LogP contribution in [0.1, 0.15) is 31.6 Å². The van der Waals surface area contributed by atoms with Crippen LogP contribution in [0.3, 0.4) is 0 Å². The van der Waals surface area contributed by atoms with Gasteiger partial charge < -0.3 is 5.32 Å². The van der Waals surface area contributed by atoms with Crippen molar-refractivity contribution in [2.45, 2.75) is 33.6 Å². The molecule has 0 saturated carbocycles. The highest BCUT2D eigenvalue weighted by Gasteiger charge is 2.18. The fourth-order valence-corrected chi connectivity index (χ4v) is 3.05. The third kappa shape index (κ3) is 3.80. The minimum atomic E-state index is 0.219. The smallest absolute Gasteiger partial charge is 0.138 e. The van der Waals surface area contributed by atoms with E-state index in [4.69, 9.17) is 11.6 Å². The summed E-state index contributed by atoms with van der Waals surface area (Å²) in [5.41, 5.74) is 0.219. The summed E-state index contributed by atoms with van der Waals surface area (Å²) < 4.78 is 0. The number of rotatable bonds is 6. The van der Waals surface area contributed by atoms with Crippen molar-refractivity contribution in [1.82, 2.24) is 9.97 Å². The molecule has 2 aromatic heterocycles. The van der Waals surface area contributed by atoms with Gasteiger partial charge in [0.05, 0.1) is 5.39 Å². The van der Waals surface area contributed by atoms with Crippen LogP contribution < -0.4 is 5.32 Å². The third-order valence-electron chi connectivity index (χ3n) is 3.17. The summed E-state index contributed by atoms with van der Waals surface area (Å²) in [4.78, 5) is 11.0. The molecule has 0 aliphatic heterocycles. The lowest BCUT2D eigenvalue weighted by molar-refractivity contribution is 0.355. The molecule has 3 nitrogen and oxygen atoms in total. The fourth-order valence-electron chi connectivity index (χ4n) is 2.07. The summed E-state index contributed by atoms with van der Waals surface area (Å²) in [6, 6.07) is 2.15. The second kappa shape index (κ2) is 6.06. The molecule has 19 heavy (non-hydrogen) atoms. The average molecular weight is 298 g/mol. The lowest BCUT2D eigenvalue weighted by Crippen LogP contribution is -2.23. The summed E-state index contributed by atoms with van der Waals surface area (Å²) in [6.45, 7) is 7.50. The number of aryl methyl sites for hydroxylation is 1. The van der Waals surface area contributed by atoms with Gasteiger partial charge in [-0.05, 0) is 31.2 Å². The van der Waals surface area contributed by atoms with Crippen LogP contribution in [0.4, 0.5) is 5.82 Å². The molecule has 0 aliphatic carbocycles. The highest BCUT2D eigenvalue weighted by molar-refractivity contribution is 7.18. The number of alkyl halides is 1. The fraction of sp³-hybridized carbons (Fsp3) is 0.571. The van der Waals surface area contributed by atoms with E-state index < -0.39 is 0 Å². The molecule has 0 saturated heterocycles. The molecule has 0 unspecified atom stereocenters. The van der Waals surface area contributed by atoms with Gasteiger partial charge in [0.15, 0.2) is 0 Å². The first kappa shape index (κ1) is 14.5. The largest absolute Gasteiger partial charge is 0.369 e. The molecule has 2 aromatic rings. The van der Waals surface area contributed by atoms with E-state index in [9.17, 15) is 0 Å². The van der Waals surface area contributed by atoms with E-state index in [0.29, 0.717) is 0 Å². The maximum Gasteiger partial charge on any atom is 0.138 e. The van der Waals surface area contributed by atoms with Gasteiger partial charge in [0.25, 0.3) is 0 Å². The zero-order chi connectivity index (χ0) is 13.9. The van der Waals surface area contributed by atoms with Gasteiger partial charge >= 0.3 is 0 Å².